The molecule has 0 spiro atoms. The van der Waals surface area contributed by atoms with Crippen LogP contribution in [-0.4, -0.2) is 387 Å². The van der Waals surface area contributed by atoms with Gasteiger partial charge in [0.15, 0.2) is 0 Å². The van der Waals surface area contributed by atoms with E-state index in [9.17, 15) is 79.2 Å². The fourth-order valence-electron chi connectivity index (χ4n) is 16.4. The number of hydrogen-bond donors (Lipinski definition) is 20. The molecule has 13 heterocycles. The van der Waals surface area contributed by atoms with Crippen molar-refractivity contribution in [3.8, 4) is 0 Å². The number of H-pyrrole nitrogens is 4. The quantitative estimate of drug-likeness (QED) is 0.0587. The Balaban J connectivity index is 0.000000216. The Morgan fingerprint density at radius 3 is 1.17 bits per heavy atom. The second-order valence-electron chi connectivity index (χ2n) is 39.7. The molecule has 0 saturated carbocycles. The number of fused-ring (bicyclic) bond motifs is 2. The van der Waals surface area contributed by atoms with Crippen molar-refractivity contribution in [3.05, 3.63) is 161 Å². The predicted octanol–water partition coefficient (Wildman–Crippen LogP) is 4.20. The third kappa shape index (κ3) is 29.8. The Morgan fingerprint density at radius 2 is 0.773 bits per heavy atom. The van der Waals surface area contributed by atoms with Crippen LogP contribution in [0.15, 0.2) is 128 Å². The molecule has 7 saturated heterocycles. The number of aromatic nitrogens is 4. The summed E-state index contributed by atoms with van der Waals surface area (Å²) in [6.45, 7) is 39.2. The number of rotatable bonds is 26. The van der Waals surface area contributed by atoms with E-state index in [2.05, 4.69) is 207 Å². The molecule has 37 nitrogen and oxygen atoms in total. The number of carbonyl (C=O) groups excluding carboxylic acids is 4. The summed E-state index contributed by atoms with van der Waals surface area (Å²) in [7, 11) is 3.01. The average molecular weight is 1970 g/mol. The summed E-state index contributed by atoms with van der Waals surface area (Å²) in [6, 6.07) is -1.42. The van der Waals surface area contributed by atoms with Crippen LogP contribution in [0.1, 0.15) is 90.1 Å². The maximum absolute atomic E-state index is 11.9. The number of aromatic amines is 4. The highest BCUT2D eigenvalue weighted by Crippen LogP contribution is 2.51. The number of amides is 8. The number of aliphatic hydroxyl groups is 8. The second kappa shape index (κ2) is 45.4. The number of carbonyl (C=O) groups is 4. The van der Waals surface area contributed by atoms with Gasteiger partial charge in [-0.05, 0) is 169 Å². The molecular formula is C89H148N12O25P6. The van der Waals surface area contributed by atoms with Gasteiger partial charge in [0.2, 0.25) is 0 Å². The first-order valence-corrected chi connectivity index (χ1v) is 61.4. The molecule has 13 rings (SSSR count). The van der Waals surface area contributed by atoms with Gasteiger partial charge in [0.1, 0.15) is 96.7 Å². The van der Waals surface area contributed by atoms with Crippen molar-refractivity contribution in [2.45, 2.75) is 206 Å². The number of nitrogens with one attached hydrogen (secondary N) is 12. The first kappa shape index (κ1) is 112. The second-order valence-corrected chi connectivity index (χ2v) is 65.6. The SMILES string of the molecule is C.C=C1NC(=O)NC=C1[C@@H]1OC(CCP(=C)(C)C)[C@@H](O)[C@@]1(C)O.C=C1NC(=O)NC=C1[C@@H]1OC(CCP(=C)(C)C)[C@@H](O)[C@H]1OC.C=C1NC(=O)NC=C1[C@@H]1O[C@@]2(CCP(=C)(C)C)CO[C@@H]1[C@@H]2O.C=C1NC(=O)NC=C1[C@@H]1O[C@](C)(CCP(=C)(C)C)[C@@H](O)[C@H]1O.C=P(C)(C)CCC1O[C@@H](c2c[nH]c(=O)[nH]c2=O)[C@H](C)[C@@H]1O.C=P(C)(C)CCC1O[C@@H](c2c[nH]c(=O)[nH]c2=O)[C@H](OC)[C@@H]1O. The lowest BCUT2D eigenvalue weighted by molar-refractivity contribution is -0.132. The molecule has 132 heavy (non-hydrogen) atoms. The highest BCUT2D eigenvalue weighted by molar-refractivity contribution is 7.73. The van der Waals surface area contributed by atoms with Gasteiger partial charge in [-0.25, -0.2) is 28.8 Å². The van der Waals surface area contributed by atoms with Crippen LogP contribution >= 0.6 is 41.3 Å². The monoisotopic (exact) mass is 1970 g/mol. The van der Waals surface area contributed by atoms with Gasteiger partial charge in [-0.1, -0.05) is 40.7 Å². The highest BCUT2D eigenvalue weighted by Gasteiger charge is 2.62. The Labute approximate surface area is 775 Å². The van der Waals surface area contributed by atoms with Crippen LogP contribution in [0.2, 0.25) is 0 Å². The molecule has 7 fully saturated rings. The maximum atomic E-state index is 11.9. The fourth-order valence-corrected chi connectivity index (χ4v) is 22.3. The zero-order chi connectivity index (χ0) is 98.3. The summed E-state index contributed by atoms with van der Waals surface area (Å²) < 4.78 is 52.3. The van der Waals surface area contributed by atoms with Crippen molar-refractivity contribution in [2.75, 3.05) is 138 Å². The molecule has 11 aliphatic rings. The Kier molecular flexibility index (Phi) is 38.7. The van der Waals surface area contributed by atoms with Gasteiger partial charge in [0.05, 0.1) is 60.0 Å². The Bertz CT molecular complexity index is 5130. The van der Waals surface area contributed by atoms with Crippen LogP contribution in [0.3, 0.4) is 0 Å². The molecule has 2 aromatic heterocycles. The van der Waals surface area contributed by atoms with E-state index < -0.39 is 190 Å². The molecule has 2 bridgehead atoms. The van der Waals surface area contributed by atoms with E-state index >= 15 is 0 Å². The number of ether oxygens (including phenoxy) is 9. The van der Waals surface area contributed by atoms with E-state index in [1.165, 1.54) is 38.8 Å². The number of methoxy groups -OCH3 is 2. The first-order valence-electron chi connectivity index (χ1n) is 43.1. The molecule has 0 aromatic carbocycles. The van der Waals surface area contributed by atoms with Gasteiger partial charge >= 0.3 is 35.5 Å². The number of urea groups is 4. The van der Waals surface area contributed by atoms with Crippen molar-refractivity contribution < 1.29 is 103 Å². The lowest BCUT2D eigenvalue weighted by Gasteiger charge is -2.34. The predicted molar refractivity (Wildman–Crippen MR) is 536 cm³/mol. The van der Waals surface area contributed by atoms with Crippen molar-refractivity contribution >= 4 is 103 Å². The van der Waals surface area contributed by atoms with Crippen molar-refractivity contribution in [1.29, 1.82) is 0 Å². The zero-order valence-electron chi connectivity index (χ0n) is 78.6. The van der Waals surface area contributed by atoms with Crippen LogP contribution in [0.4, 0.5) is 19.2 Å². The van der Waals surface area contributed by atoms with Crippen molar-refractivity contribution in [2.24, 2.45) is 5.92 Å². The van der Waals surface area contributed by atoms with Gasteiger partial charge in [0, 0.05) is 102 Å². The van der Waals surface area contributed by atoms with Gasteiger partial charge < -0.3 is 136 Å². The molecule has 4 unspecified atom stereocenters. The van der Waals surface area contributed by atoms with Gasteiger partial charge in [-0.15, -0.1) is 79.1 Å². The Morgan fingerprint density at radius 1 is 0.424 bits per heavy atom. The minimum atomic E-state index is -1.45. The largest absolute Gasteiger partial charge is 0.390 e. The standard InChI is InChI=1S/C15H23N2O4P.3C15H25N2O4P.C14H23N2O5P.C14H23N2O4P.CH4/c1-9-10(7-16-14(19)17-9)11-12-13(18)15(21-11,8-20-12)5-6-22(2,3)4;1-9-10(8-16-14(20)17-9)12-11(18)13(19)15(2,21-12)6-7-22(3,4)5;1-9-10(8-16-14(19)17-9)13-15(2,20)12(18)11(21-13)6-7-22(3,4)5;1-9-10(8-16-15(19)17-9)13-14(20-2)12(18)11(21-13)6-7-22(3,4)5;1-20-12-10(17)9(5-6-22(2,3)4)21-11(12)8-7-15-14(19)16-13(8)18;1-8-11(17)10(5-6-21(2,3)4)20-12(8)9-7-15-14(19)16-13(9)18;/h7,11-13,18H,1-2,5-6,8H2,3-4H3,(H2,16,17,19);8,11-13,18-19H,1,3,6-7H2,2,4-5H3,(H2,16,17,20);8,11-13,18,20H,1,3,6-7H2,2,4-5H3,(H2,16,17,19);8,11-14,18H,1,3,6-7H2,2,4-5H3,(H2,16,17,19);7,9-12,17H,2,5-6H2,1,3-4H3,(H2,15,16,18,19);7-8,10-12,17H,2,5-6H2,1,3-4H3,(H2,15,16,18,19);1H4/t11-,12-,13-,15-;11-,12-,13-,15+;11?,12-,13+,15-;11?,12-,13+,14-;9?,10-,11+,12-;8-,10?,11+,12-;/m001111./s1. The third-order valence-corrected chi connectivity index (χ3v) is 33.0. The van der Waals surface area contributed by atoms with E-state index in [1.807, 2.05) is 6.92 Å². The van der Waals surface area contributed by atoms with E-state index in [1.54, 1.807) is 26.4 Å². The summed E-state index contributed by atoms with van der Waals surface area (Å²) in [5.74, 6) is -0.201. The molecule has 8 amide bonds. The topological polar surface area (TPSA) is 541 Å². The summed E-state index contributed by atoms with van der Waals surface area (Å²) in [6.07, 6.45) is 30.7. The highest BCUT2D eigenvalue weighted by atomic mass is 31.2. The summed E-state index contributed by atoms with van der Waals surface area (Å²) in [5, 5.41) is 104. The molecule has 24 atom stereocenters. The molecule has 0 radical (unpaired) electrons. The maximum Gasteiger partial charge on any atom is 0.325 e. The summed E-state index contributed by atoms with van der Waals surface area (Å²) >= 11 is 0. The molecule has 11 aliphatic heterocycles. The normalized spacial score (nSPS) is 33.2. The summed E-state index contributed by atoms with van der Waals surface area (Å²) in [4.78, 5) is 100. The number of hydrogen-bond acceptors (Lipinski definition) is 25. The molecule has 43 heteroatoms. The fraction of sp³-hybridized carbons (Fsp3) is 0.618. The van der Waals surface area contributed by atoms with Gasteiger partial charge in [0.25, 0.3) is 11.1 Å². The lowest BCUT2D eigenvalue weighted by Crippen LogP contribution is -2.49. The van der Waals surface area contributed by atoms with Gasteiger partial charge in [-0.2, -0.15) is 0 Å². The van der Waals surface area contributed by atoms with E-state index in [-0.39, 0.29) is 55.2 Å². The zero-order valence-corrected chi connectivity index (χ0v) is 83.9. The molecule has 2 aromatic rings. The first-order chi connectivity index (χ1) is 60.4. The van der Waals surface area contributed by atoms with Crippen LogP contribution in [0.25, 0.3) is 0 Å². The molecular weight excluding hydrogens is 1820 g/mol. The van der Waals surface area contributed by atoms with Crippen molar-refractivity contribution in [1.82, 2.24) is 62.5 Å². The van der Waals surface area contributed by atoms with Crippen LogP contribution in [0, 0.1) is 5.92 Å². The van der Waals surface area contributed by atoms with Crippen LogP contribution in [0.5, 0.6) is 0 Å². The van der Waals surface area contributed by atoms with Crippen LogP contribution in [-0.2, 0) is 42.6 Å². The van der Waals surface area contributed by atoms with E-state index in [0.717, 1.165) is 56.2 Å². The van der Waals surface area contributed by atoms with E-state index in [4.69, 9.17) is 42.6 Å². The lowest BCUT2D eigenvalue weighted by atomic mass is 9.87. The molecule has 744 valence electrons. The summed E-state index contributed by atoms with van der Waals surface area (Å²) in [5.41, 5.74) is -0.324. The Hall–Kier alpha value is -6.52. The smallest absolute Gasteiger partial charge is 0.325 e. The van der Waals surface area contributed by atoms with Gasteiger partial charge in [-0.3, -0.25) is 19.6 Å². The third-order valence-electron chi connectivity index (χ3n) is 24.2. The van der Waals surface area contributed by atoms with Crippen LogP contribution < -0.4 is 65.0 Å². The molecule has 0 aliphatic carbocycles. The minimum Gasteiger partial charge on any atom is -0.390 e. The number of aliphatic hydroxyl groups excluding tert-OH is 7. The van der Waals surface area contributed by atoms with Crippen molar-refractivity contribution in [3.63, 3.8) is 0 Å². The van der Waals surface area contributed by atoms with E-state index in [0.29, 0.717) is 76.5 Å². The minimum absolute atomic E-state index is 0. The average Bonchev–Trinajstić information content (AvgIpc) is 1.57. The molecule has 20 N–H and O–H groups in total.